The highest BCUT2D eigenvalue weighted by Gasteiger charge is 2.28. The maximum atomic E-state index is 12.4. The zero-order valence-corrected chi connectivity index (χ0v) is 13.0. The Kier molecular flexibility index (Phi) is 5.21. The minimum atomic E-state index is -3.59. The normalized spacial score (nSPS) is 16.1. The fourth-order valence-electron chi connectivity index (χ4n) is 2.18. The number of sulfonamides is 1. The van der Waals surface area contributed by atoms with Crippen LogP contribution in [0.4, 0.5) is 0 Å². The Labute approximate surface area is 128 Å². The lowest BCUT2D eigenvalue weighted by Crippen LogP contribution is -2.29. The highest BCUT2D eigenvalue weighted by atomic mass is 35.5. The fraction of sp³-hybridized carbons (Fsp3) is 0.462. The summed E-state index contributed by atoms with van der Waals surface area (Å²) in [6.45, 7) is 0.876. The highest BCUT2D eigenvalue weighted by Crippen LogP contribution is 2.25. The topological polar surface area (TPSA) is 86.7 Å². The number of hydrogen-bond donors (Lipinski definition) is 2. The Morgan fingerprint density at radius 1 is 1.33 bits per heavy atom. The van der Waals surface area contributed by atoms with Crippen molar-refractivity contribution in [3.05, 3.63) is 28.8 Å². The molecule has 0 aromatic heterocycles. The highest BCUT2D eigenvalue weighted by molar-refractivity contribution is 7.89. The maximum absolute atomic E-state index is 12.4. The molecule has 8 heteroatoms. The Bertz CT molecular complexity index is 627. The summed E-state index contributed by atoms with van der Waals surface area (Å²) in [5.74, 6) is -0.507. The van der Waals surface area contributed by atoms with E-state index in [1.54, 1.807) is 0 Å². The van der Waals surface area contributed by atoms with Crippen molar-refractivity contribution in [2.24, 2.45) is 0 Å². The average molecular weight is 333 g/mol. The lowest BCUT2D eigenvalue weighted by Gasteiger charge is -2.16. The molecule has 1 aliphatic rings. The standard InChI is InChI=1S/C13H17ClN2O4S/c14-12-4-3-10(9-11(12)13(18)15-5-8-17)21(19,20)16-6-1-2-7-16/h3-4,9,17H,1-2,5-8H2,(H,15,18). The van der Waals surface area contributed by atoms with Gasteiger partial charge in [0.1, 0.15) is 0 Å². The third-order valence-corrected chi connectivity index (χ3v) is 5.51. The van der Waals surface area contributed by atoms with E-state index in [0.29, 0.717) is 13.1 Å². The molecule has 1 saturated heterocycles. The van der Waals surface area contributed by atoms with Crippen molar-refractivity contribution in [1.82, 2.24) is 9.62 Å². The number of rotatable bonds is 5. The first-order valence-corrected chi connectivity index (χ1v) is 8.47. The molecule has 1 aromatic rings. The molecule has 0 bridgehead atoms. The number of nitrogens with zero attached hydrogens (tertiary/aromatic N) is 1. The first-order chi connectivity index (χ1) is 9.96. The van der Waals surface area contributed by atoms with E-state index in [9.17, 15) is 13.2 Å². The van der Waals surface area contributed by atoms with Crippen LogP contribution in [0.2, 0.25) is 5.02 Å². The Balaban J connectivity index is 2.31. The van der Waals surface area contributed by atoms with E-state index < -0.39 is 15.9 Å². The third kappa shape index (κ3) is 3.55. The molecule has 0 radical (unpaired) electrons. The number of aliphatic hydroxyl groups excluding tert-OH is 1. The smallest absolute Gasteiger partial charge is 0.252 e. The molecule has 0 atom stereocenters. The fourth-order valence-corrected chi connectivity index (χ4v) is 3.93. The van der Waals surface area contributed by atoms with Crippen LogP contribution < -0.4 is 5.32 Å². The van der Waals surface area contributed by atoms with E-state index in [-0.39, 0.29) is 28.6 Å². The second-order valence-electron chi connectivity index (χ2n) is 4.73. The lowest BCUT2D eigenvalue weighted by molar-refractivity contribution is 0.0944. The molecule has 116 valence electrons. The summed E-state index contributed by atoms with van der Waals surface area (Å²) in [5, 5.41) is 11.3. The molecule has 0 aliphatic carbocycles. The zero-order valence-electron chi connectivity index (χ0n) is 11.4. The Morgan fingerprint density at radius 3 is 2.62 bits per heavy atom. The predicted molar refractivity (Wildman–Crippen MR) is 78.9 cm³/mol. The number of nitrogens with one attached hydrogen (secondary N) is 1. The van der Waals surface area contributed by atoms with Gasteiger partial charge in [-0.25, -0.2) is 8.42 Å². The first-order valence-electron chi connectivity index (χ1n) is 6.65. The zero-order chi connectivity index (χ0) is 15.5. The molecular weight excluding hydrogens is 316 g/mol. The monoisotopic (exact) mass is 332 g/mol. The van der Waals surface area contributed by atoms with Crippen LogP contribution in [0.25, 0.3) is 0 Å². The third-order valence-electron chi connectivity index (χ3n) is 3.28. The van der Waals surface area contributed by atoms with Gasteiger partial charge in [-0.05, 0) is 31.0 Å². The SMILES string of the molecule is O=C(NCCO)c1cc(S(=O)(=O)N2CCCC2)ccc1Cl. The summed E-state index contributed by atoms with van der Waals surface area (Å²) in [7, 11) is -3.59. The van der Waals surface area contributed by atoms with Crippen LogP contribution in [0.1, 0.15) is 23.2 Å². The molecule has 1 heterocycles. The summed E-state index contributed by atoms with van der Waals surface area (Å²) in [6.07, 6.45) is 1.69. The van der Waals surface area contributed by atoms with Crippen molar-refractivity contribution in [1.29, 1.82) is 0 Å². The van der Waals surface area contributed by atoms with E-state index in [2.05, 4.69) is 5.32 Å². The molecule has 1 aromatic carbocycles. The molecule has 0 saturated carbocycles. The van der Waals surface area contributed by atoms with Gasteiger partial charge < -0.3 is 10.4 Å². The van der Waals surface area contributed by atoms with Crippen LogP contribution in [0.15, 0.2) is 23.1 Å². The van der Waals surface area contributed by atoms with Gasteiger partial charge in [-0.2, -0.15) is 4.31 Å². The van der Waals surface area contributed by atoms with E-state index in [1.165, 1.54) is 22.5 Å². The van der Waals surface area contributed by atoms with Crippen LogP contribution in [0.3, 0.4) is 0 Å². The van der Waals surface area contributed by atoms with Crippen LogP contribution in [0, 0.1) is 0 Å². The minimum Gasteiger partial charge on any atom is -0.395 e. The van der Waals surface area contributed by atoms with Gasteiger partial charge in [0, 0.05) is 19.6 Å². The summed E-state index contributed by atoms with van der Waals surface area (Å²) in [5.41, 5.74) is 0.0883. The molecular formula is C13H17ClN2O4S. The second kappa shape index (κ2) is 6.74. The van der Waals surface area contributed by atoms with Gasteiger partial charge in [0.2, 0.25) is 10.0 Å². The Hall–Kier alpha value is -1.15. The van der Waals surface area contributed by atoms with Gasteiger partial charge >= 0.3 is 0 Å². The maximum Gasteiger partial charge on any atom is 0.252 e. The second-order valence-corrected chi connectivity index (χ2v) is 7.08. The minimum absolute atomic E-state index is 0.0583. The lowest BCUT2D eigenvalue weighted by atomic mass is 10.2. The summed E-state index contributed by atoms with van der Waals surface area (Å²) in [4.78, 5) is 12.0. The van der Waals surface area contributed by atoms with Gasteiger partial charge in [0.15, 0.2) is 0 Å². The van der Waals surface area contributed by atoms with Crippen molar-refractivity contribution in [3.8, 4) is 0 Å². The number of amides is 1. The number of halogens is 1. The summed E-state index contributed by atoms with van der Waals surface area (Å²) >= 11 is 5.95. The molecule has 0 unspecified atom stereocenters. The van der Waals surface area contributed by atoms with E-state index in [1.807, 2.05) is 0 Å². The van der Waals surface area contributed by atoms with Crippen LogP contribution in [-0.2, 0) is 10.0 Å². The molecule has 6 nitrogen and oxygen atoms in total. The van der Waals surface area contributed by atoms with Crippen LogP contribution >= 0.6 is 11.6 Å². The summed E-state index contributed by atoms with van der Waals surface area (Å²) < 4.78 is 26.3. The molecule has 2 rings (SSSR count). The van der Waals surface area contributed by atoms with Gasteiger partial charge in [-0.15, -0.1) is 0 Å². The average Bonchev–Trinajstić information content (AvgIpc) is 3.00. The number of hydrogen-bond acceptors (Lipinski definition) is 4. The molecule has 2 N–H and O–H groups in total. The van der Waals surface area contributed by atoms with E-state index in [4.69, 9.17) is 16.7 Å². The number of benzene rings is 1. The van der Waals surface area contributed by atoms with Crippen LogP contribution in [0.5, 0.6) is 0 Å². The molecule has 21 heavy (non-hydrogen) atoms. The quantitative estimate of drug-likeness (QED) is 0.836. The molecule has 1 aliphatic heterocycles. The molecule has 1 fully saturated rings. The predicted octanol–water partition coefficient (Wildman–Crippen LogP) is 0.847. The van der Waals surface area contributed by atoms with Crippen molar-refractivity contribution < 1.29 is 18.3 Å². The number of aliphatic hydroxyl groups is 1. The largest absolute Gasteiger partial charge is 0.395 e. The van der Waals surface area contributed by atoms with Crippen LogP contribution in [-0.4, -0.2) is 50.0 Å². The van der Waals surface area contributed by atoms with Gasteiger partial charge in [0.25, 0.3) is 5.91 Å². The van der Waals surface area contributed by atoms with E-state index >= 15 is 0 Å². The van der Waals surface area contributed by atoms with Gasteiger partial charge in [-0.1, -0.05) is 11.6 Å². The van der Waals surface area contributed by atoms with Crippen molar-refractivity contribution >= 4 is 27.5 Å². The van der Waals surface area contributed by atoms with Crippen molar-refractivity contribution in [3.63, 3.8) is 0 Å². The Morgan fingerprint density at radius 2 is 2.00 bits per heavy atom. The van der Waals surface area contributed by atoms with Crippen molar-refractivity contribution in [2.75, 3.05) is 26.2 Å². The van der Waals surface area contributed by atoms with E-state index in [0.717, 1.165) is 12.8 Å². The first kappa shape index (κ1) is 16.2. The van der Waals surface area contributed by atoms with Gasteiger partial charge in [-0.3, -0.25) is 4.79 Å². The summed E-state index contributed by atoms with van der Waals surface area (Å²) in [6, 6.07) is 4.08. The molecule has 0 spiro atoms. The van der Waals surface area contributed by atoms with Crippen molar-refractivity contribution in [2.45, 2.75) is 17.7 Å². The van der Waals surface area contributed by atoms with Gasteiger partial charge in [0.05, 0.1) is 22.1 Å². The number of carbonyl (C=O) groups is 1. The number of carbonyl (C=O) groups excluding carboxylic acids is 1. The molecule has 1 amide bonds.